The number of esters is 1. The summed E-state index contributed by atoms with van der Waals surface area (Å²) in [6.45, 7) is 5.97. The quantitative estimate of drug-likeness (QED) is 0.261. The molecule has 35 heavy (non-hydrogen) atoms. The van der Waals surface area contributed by atoms with Gasteiger partial charge in [0.1, 0.15) is 0 Å². The maximum atomic E-state index is 12.9. The molecule has 2 aromatic heterocycles. The highest BCUT2D eigenvalue weighted by atomic mass is 16.5. The summed E-state index contributed by atoms with van der Waals surface area (Å²) in [5.41, 5.74) is 3.83. The first-order chi connectivity index (χ1) is 16.9. The zero-order valence-electron chi connectivity index (χ0n) is 20.3. The predicted octanol–water partition coefficient (Wildman–Crippen LogP) is 4.60. The first-order valence-electron chi connectivity index (χ1n) is 11.4. The molecule has 0 unspecified atom stereocenters. The van der Waals surface area contributed by atoms with Gasteiger partial charge in [-0.05, 0) is 39.0 Å². The number of ketones is 1. The number of para-hydroxylation sites is 1. The summed E-state index contributed by atoms with van der Waals surface area (Å²) in [6.07, 6.45) is 0. The van der Waals surface area contributed by atoms with E-state index in [9.17, 15) is 9.59 Å². The van der Waals surface area contributed by atoms with Crippen LogP contribution in [0.25, 0.3) is 17.1 Å². The molecule has 2 heterocycles. The monoisotopic (exact) mass is 472 g/mol. The van der Waals surface area contributed by atoms with Crippen LogP contribution < -0.4 is 0 Å². The van der Waals surface area contributed by atoms with Crippen molar-refractivity contribution in [2.24, 2.45) is 0 Å². The molecule has 0 N–H and O–H groups in total. The van der Waals surface area contributed by atoms with Gasteiger partial charge in [-0.3, -0.25) is 4.79 Å². The molecule has 1 atom stereocenters. The van der Waals surface area contributed by atoms with E-state index in [-0.39, 0.29) is 17.6 Å². The minimum Gasteiger partial charge on any atom is -0.451 e. The highest BCUT2D eigenvalue weighted by Gasteiger charge is 2.23. The standard InChI is InChI=1S/C27H28N4O4/c1-18-15-23(20(3)30(18)19(2)16-34-4)24(32)17-35-27(33)25-28-26(21-11-7-5-8-12-21)31(29-25)22-13-9-6-10-14-22/h5-15,19H,16-17H2,1-4H3/t19-/m1/s1. The van der Waals surface area contributed by atoms with Crippen LogP contribution in [0, 0.1) is 13.8 Å². The molecule has 8 nitrogen and oxygen atoms in total. The average Bonchev–Trinajstić information content (AvgIpc) is 3.45. The Hall–Kier alpha value is -4.04. The fraction of sp³-hybridized carbons (Fsp3) is 0.259. The number of aromatic nitrogens is 4. The number of hydrogen-bond donors (Lipinski definition) is 0. The fourth-order valence-corrected chi connectivity index (χ4v) is 4.25. The minimum absolute atomic E-state index is 0.0756. The Kier molecular flexibility index (Phi) is 7.22. The number of carbonyl (C=O) groups is 2. The summed E-state index contributed by atoms with van der Waals surface area (Å²) >= 11 is 0. The van der Waals surface area contributed by atoms with Crippen LogP contribution in [0.15, 0.2) is 66.7 Å². The lowest BCUT2D eigenvalue weighted by atomic mass is 10.1. The van der Waals surface area contributed by atoms with Crippen LogP contribution in [0.4, 0.5) is 0 Å². The highest BCUT2D eigenvalue weighted by molar-refractivity contribution is 6.00. The van der Waals surface area contributed by atoms with E-state index in [2.05, 4.69) is 10.1 Å². The van der Waals surface area contributed by atoms with Crippen LogP contribution >= 0.6 is 0 Å². The molecule has 0 spiro atoms. The van der Waals surface area contributed by atoms with E-state index >= 15 is 0 Å². The average molecular weight is 473 g/mol. The molecule has 0 amide bonds. The lowest BCUT2D eigenvalue weighted by Gasteiger charge is -2.17. The van der Waals surface area contributed by atoms with Gasteiger partial charge in [0.25, 0.3) is 5.82 Å². The number of carbonyl (C=O) groups excluding carboxylic acids is 2. The van der Waals surface area contributed by atoms with E-state index < -0.39 is 12.6 Å². The fourth-order valence-electron chi connectivity index (χ4n) is 4.25. The van der Waals surface area contributed by atoms with Gasteiger partial charge in [0, 0.05) is 29.6 Å². The third-order valence-corrected chi connectivity index (χ3v) is 5.79. The van der Waals surface area contributed by atoms with Gasteiger partial charge in [-0.2, -0.15) is 0 Å². The van der Waals surface area contributed by atoms with Crippen LogP contribution in [0.1, 0.15) is 45.3 Å². The van der Waals surface area contributed by atoms with Gasteiger partial charge in [0.2, 0.25) is 5.78 Å². The smallest absolute Gasteiger partial charge is 0.378 e. The van der Waals surface area contributed by atoms with Crippen molar-refractivity contribution < 1.29 is 19.1 Å². The lowest BCUT2D eigenvalue weighted by molar-refractivity contribution is 0.0462. The molecule has 2 aromatic carbocycles. The van der Waals surface area contributed by atoms with Gasteiger partial charge in [0.05, 0.1) is 18.3 Å². The zero-order chi connectivity index (χ0) is 24.9. The molecule has 0 aliphatic heterocycles. The molecule has 4 rings (SSSR count). The van der Waals surface area contributed by atoms with Crippen molar-refractivity contribution in [3.05, 3.63) is 89.5 Å². The summed E-state index contributed by atoms with van der Waals surface area (Å²) in [5, 5.41) is 4.39. The number of Topliss-reactive ketones (excluding diaryl/α,β-unsaturated/α-hetero) is 1. The summed E-state index contributed by atoms with van der Waals surface area (Å²) in [6, 6.07) is 20.8. The van der Waals surface area contributed by atoms with E-state index in [0.29, 0.717) is 18.0 Å². The number of methoxy groups -OCH3 is 1. The van der Waals surface area contributed by atoms with Gasteiger partial charge in [-0.1, -0.05) is 48.5 Å². The second-order valence-electron chi connectivity index (χ2n) is 8.33. The van der Waals surface area contributed by atoms with Crippen molar-refractivity contribution >= 4 is 11.8 Å². The number of ether oxygens (including phenoxy) is 2. The molecular weight excluding hydrogens is 444 g/mol. The summed E-state index contributed by atoms with van der Waals surface area (Å²) < 4.78 is 14.2. The van der Waals surface area contributed by atoms with Crippen molar-refractivity contribution in [2.75, 3.05) is 20.3 Å². The van der Waals surface area contributed by atoms with Gasteiger partial charge in [-0.15, -0.1) is 5.10 Å². The largest absolute Gasteiger partial charge is 0.451 e. The Morgan fingerprint density at radius 3 is 2.31 bits per heavy atom. The molecule has 0 fully saturated rings. The Morgan fingerprint density at radius 1 is 1.00 bits per heavy atom. The van der Waals surface area contributed by atoms with E-state index in [1.54, 1.807) is 11.8 Å². The molecule has 0 aliphatic carbocycles. The Morgan fingerprint density at radius 2 is 1.66 bits per heavy atom. The van der Waals surface area contributed by atoms with Crippen LogP contribution in [-0.4, -0.2) is 51.4 Å². The number of benzene rings is 2. The Balaban J connectivity index is 1.55. The van der Waals surface area contributed by atoms with Crippen LogP contribution in [0.2, 0.25) is 0 Å². The molecule has 0 saturated carbocycles. The summed E-state index contributed by atoms with van der Waals surface area (Å²) in [4.78, 5) is 30.2. The third kappa shape index (κ3) is 5.07. The number of aryl methyl sites for hydroxylation is 1. The van der Waals surface area contributed by atoms with E-state index in [4.69, 9.17) is 9.47 Å². The predicted molar refractivity (Wildman–Crippen MR) is 132 cm³/mol. The number of nitrogens with zero attached hydrogens (tertiary/aromatic N) is 4. The molecular formula is C27H28N4O4. The maximum absolute atomic E-state index is 12.9. The highest BCUT2D eigenvalue weighted by Crippen LogP contribution is 2.23. The minimum atomic E-state index is -0.758. The first kappa shape index (κ1) is 24.1. The first-order valence-corrected chi connectivity index (χ1v) is 11.4. The van der Waals surface area contributed by atoms with Crippen molar-refractivity contribution in [1.29, 1.82) is 0 Å². The molecule has 4 aromatic rings. The molecule has 0 radical (unpaired) electrons. The Bertz CT molecular complexity index is 1270. The normalized spacial score (nSPS) is 11.9. The molecule has 0 saturated heterocycles. The van der Waals surface area contributed by atoms with Crippen LogP contribution in [0.3, 0.4) is 0 Å². The van der Waals surface area contributed by atoms with E-state index in [1.165, 1.54) is 0 Å². The summed E-state index contributed by atoms with van der Waals surface area (Å²) in [5.74, 6) is -0.648. The second-order valence-corrected chi connectivity index (χ2v) is 8.33. The number of hydrogen-bond acceptors (Lipinski definition) is 6. The maximum Gasteiger partial charge on any atom is 0.378 e. The number of rotatable bonds is 9. The molecule has 180 valence electrons. The van der Waals surface area contributed by atoms with Crippen molar-refractivity contribution in [3.63, 3.8) is 0 Å². The zero-order valence-corrected chi connectivity index (χ0v) is 20.3. The van der Waals surface area contributed by atoms with Crippen LogP contribution in [0.5, 0.6) is 0 Å². The van der Waals surface area contributed by atoms with Gasteiger partial charge >= 0.3 is 5.97 Å². The topological polar surface area (TPSA) is 88.2 Å². The van der Waals surface area contributed by atoms with Gasteiger partial charge in [0.15, 0.2) is 12.4 Å². The van der Waals surface area contributed by atoms with E-state index in [0.717, 1.165) is 22.6 Å². The molecule has 0 aliphatic rings. The van der Waals surface area contributed by atoms with Crippen molar-refractivity contribution in [2.45, 2.75) is 26.8 Å². The van der Waals surface area contributed by atoms with Gasteiger partial charge < -0.3 is 14.0 Å². The third-order valence-electron chi connectivity index (χ3n) is 5.79. The summed E-state index contributed by atoms with van der Waals surface area (Å²) in [7, 11) is 1.65. The molecule has 8 heteroatoms. The van der Waals surface area contributed by atoms with Crippen LogP contribution in [-0.2, 0) is 9.47 Å². The second kappa shape index (κ2) is 10.5. The van der Waals surface area contributed by atoms with Crippen molar-refractivity contribution in [3.8, 4) is 17.1 Å². The lowest BCUT2D eigenvalue weighted by Crippen LogP contribution is -2.17. The van der Waals surface area contributed by atoms with Crippen molar-refractivity contribution in [1.82, 2.24) is 19.3 Å². The SMILES string of the molecule is COC[C@@H](C)n1c(C)cc(C(=O)COC(=O)c2nc(-c3ccccc3)n(-c3ccccc3)n2)c1C. The van der Waals surface area contributed by atoms with E-state index in [1.807, 2.05) is 92.1 Å². The van der Waals surface area contributed by atoms with Gasteiger partial charge in [-0.25, -0.2) is 14.5 Å². The Labute approximate surface area is 204 Å². The molecule has 0 bridgehead atoms.